The minimum absolute atomic E-state index is 0.418. The summed E-state index contributed by atoms with van der Waals surface area (Å²) in [5.74, 6) is 0.418. The zero-order valence-electron chi connectivity index (χ0n) is 8.75. The summed E-state index contributed by atoms with van der Waals surface area (Å²) in [4.78, 5) is 0. The van der Waals surface area contributed by atoms with Gasteiger partial charge in [0, 0.05) is 6.42 Å². The van der Waals surface area contributed by atoms with Crippen molar-refractivity contribution in [3.63, 3.8) is 0 Å². The number of rotatable bonds is 4. The largest absolute Gasteiger partial charge is 0.512 e. The summed E-state index contributed by atoms with van der Waals surface area (Å²) in [7, 11) is 6.10. The van der Waals surface area contributed by atoms with E-state index in [0.29, 0.717) is 18.7 Å². The quantitative estimate of drug-likeness (QED) is 0.509. The predicted molar refractivity (Wildman–Crippen MR) is 52.4 cm³/mol. The summed E-state index contributed by atoms with van der Waals surface area (Å²) in [5, 5.41) is 19.1. The fourth-order valence-corrected chi connectivity index (χ4v) is 1.42. The third kappa shape index (κ3) is 4.29. The van der Waals surface area contributed by atoms with Crippen molar-refractivity contribution in [3.8, 4) is 0 Å². The number of likely N-dealkylation sites (N-methyl/N-ethyl adjacent to an activating group) is 1. The van der Waals surface area contributed by atoms with Crippen LogP contribution in [-0.2, 0) is 0 Å². The Kier molecular flexibility index (Phi) is 2.98. The van der Waals surface area contributed by atoms with Crippen LogP contribution in [0.1, 0.15) is 19.3 Å². The Morgan fingerprint density at radius 2 is 1.92 bits per heavy atom. The molecule has 1 aliphatic rings. The second-order valence-electron chi connectivity index (χ2n) is 4.88. The van der Waals surface area contributed by atoms with Gasteiger partial charge in [0.15, 0.2) is 0 Å². The molecular weight excluding hydrogens is 166 g/mol. The number of allylic oxidation sites excluding steroid dienone is 1. The molecule has 0 spiro atoms. The predicted octanol–water partition coefficient (Wildman–Crippen LogP) is 1.05. The van der Waals surface area contributed by atoms with Crippen molar-refractivity contribution < 1.29 is 14.7 Å². The molecule has 0 amide bonds. The Morgan fingerprint density at radius 3 is 2.31 bits per heavy atom. The molecule has 0 saturated heterocycles. The minimum atomic E-state index is -0.423. The van der Waals surface area contributed by atoms with Gasteiger partial charge < -0.3 is 14.7 Å². The van der Waals surface area contributed by atoms with Gasteiger partial charge in [-0.05, 0) is 18.4 Å². The van der Waals surface area contributed by atoms with Crippen LogP contribution in [0, 0.1) is 0 Å². The summed E-state index contributed by atoms with van der Waals surface area (Å²) in [6, 6.07) is 0. The first kappa shape index (κ1) is 10.5. The van der Waals surface area contributed by atoms with Gasteiger partial charge in [0.25, 0.3) is 0 Å². The minimum Gasteiger partial charge on any atom is -0.512 e. The van der Waals surface area contributed by atoms with Gasteiger partial charge in [0.1, 0.15) is 12.6 Å². The summed E-state index contributed by atoms with van der Waals surface area (Å²) in [6.45, 7) is 0.678. The maximum absolute atomic E-state index is 9.62. The number of aliphatic hydroxyl groups excluding tert-OH is 2. The van der Waals surface area contributed by atoms with Crippen molar-refractivity contribution in [2.45, 2.75) is 25.4 Å². The molecule has 1 saturated carbocycles. The molecule has 3 heteroatoms. The first-order chi connectivity index (χ1) is 5.88. The first-order valence-corrected chi connectivity index (χ1v) is 4.77. The van der Waals surface area contributed by atoms with Crippen LogP contribution in [0.25, 0.3) is 0 Å². The highest BCUT2D eigenvalue weighted by atomic mass is 16.3. The Labute approximate surface area is 79.9 Å². The van der Waals surface area contributed by atoms with E-state index in [1.165, 1.54) is 0 Å². The molecule has 3 nitrogen and oxygen atoms in total. The number of hydrogen-bond acceptors (Lipinski definition) is 2. The van der Waals surface area contributed by atoms with Gasteiger partial charge in [0.05, 0.1) is 26.9 Å². The molecule has 0 heterocycles. The van der Waals surface area contributed by atoms with Crippen LogP contribution < -0.4 is 0 Å². The van der Waals surface area contributed by atoms with Gasteiger partial charge in [-0.15, -0.1) is 0 Å². The van der Waals surface area contributed by atoms with Crippen LogP contribution in [0.5, 0.6) is 0 Å². The smallest absolute Gasteiger partial charge is 0.110 e. The topological polar surface area (TPSA) is 40.5 Å². The van der Waals surface area contributed by atoms with Crippen molar-refractivity contribution in [2.75, 3.05) is 27.7 Å². The van der Waals surface area contributed by atoms with E-state index >= 15 is 0 Å². The van der Waals surface area contributed by atoms with E-state index in [1.807, 2.05) is 21.1 Å². The lowest BCUT2D eigenvalue weighted by Gasteiger charge is -2.26. The second-order valence-corrected chi connectivity index (χ2v) is 4.88. The van der Waals surface area contributed by atoms with E-state index in [-0.39, 0.29) is 0 Å². The van der Waals surface area contributed by atoms with Crippen LogP contribution in [0.4, 0.5) is 0 Å². The number of hydrogen-bond donors (Lipinski definition) is 2. The summed E-state index contributed by atoms with van der Waals surface area (Å²) >= 11 is 0. The van der Waals surface area contributed by atoms with E-state index < -0.39 is 6.10 Å². The Balaban J connectivity index is 2.33. The normalized spacial score (nSPS) is 18.6. The van der Waals surface area contributed by atoms with Crippen molar-refractivity contribution >= 4 is 0 Å². The second kappa shape index (κ2) is 3.68. The van der Waals surface area contributed by atoms with Crippen molar-refractivity contribution in [1.29, 1.82) is 0 Å². The van der Waals surface area contributed by atoms with E-state index in [0.717, 1.165) is 22.9 Å². The molecule has 0 bridgehead atoms. The molecule has 0 aromatic rings. The maximum atomic E-state index is 9.62. The standard InChI is InChI=1S/C10H19NO2/c1-11(2,3)7-9(12)6-10(13)8-4-5-8/h9,12H,4-7H2,1-3H3/p+1. The van der Waals surface area contributed by atoms with Crippen molar-refractivity contribution in [2.24, 2.45) is 0 Å². The molecule has 1 atom stereocenters. The lowest BCUT2D eigenvalue weighted by molar-refractivity contribution is -0.873. The fourth-order valence-electron chi connectivity index (χ4n) is 1.42. The fraction of sp³-hybridized carbons (Fsp3) is 0.800. The molecule has 1 fully saturated rings. The molecule has 0 radical (unpaired) electrons. The van der Waals surface area contributed by atoms with Crippen LogP contribution in [0.3, 0.4) is 0 Å². The monoisotopic (exact) mass is 186 g/mol. The molecule has 2 N–H and O–H groups in total. The molecule has 0 aromatic heterocycles. The van der Waals surface area contributed by atoms with Gasteiger partial charge in [-0.25, -0.2) is 0 Å². The highest BCUT2D eigenvalue weighted by Crippen LogP contribution is 2.32. The first-order valence-electron chi connectivity index (χ1n) is 4.77. The molecule has 76 valence electrons. The van der Waals surface area contributed by atoms with Crippen LogP contribution in [0.15, 0.2) is 11.3 Å². The Hall–Kier alpha value is -0.540. The van der Waals surface area contributed by atoms with Crippen LogP contribution in [0.2, 0.25) is 0 Å². The van der Waals surface area contributed by atoms with E-state index in [9.17, 15) is 10.2 Å². The molecular formula is C10H20NO2+. The molecule has 1 aliphatic carbocycles. The number of nitrogens with zero attached hydrogens (tertiary/aromatic N) is 1. The van der Waals surface area contributed by atoms with E-state index in [2.05, 4.69) is 0 Å². The van der Waals surface area contributed by atoms with E-state index in [4.69, 9.17) is 0 Å². The van der Waals surface area contributed by atoms with Gasteiger partial charge in [0.2, 0.25) is 0 Å². The highest BCUT2D eigenvalue weighted by Gasteiger charge is 2.22. The lowest BCUT2D eigenvalue weighted by Crippen LogP contribution is -2.41. The van der Waals surface area contributed by atoms with Gasteiger partial charge in [-0.2, -0.15) is 0 Å². The molecule has 1 rings (SSSR count). The third-order valence-corrected chi connectivity index (χ3v) is 2.10. The summed E-state index contributed by atoms with van der Waals surface area (Å²) < 4.78 is 0.726. The van der Waals surface area contributed by atoms with Crippen molar-refractivity contribution in [3.05, 3.63) is 11.3 Å². The molecule has 13 heavy (non-hydrogen) atoms. The lowest BCUT2D eigenvalue weighted by atomic mass is 10.2. The number of quaternary nitrogens is 1. The van der Waals surface area contributed by atoms with Gasteiger partial charge in [-0.3, -0.25) is 0 Å². The van der Waals surface area contributed by atoms with E-state index in [1.54, 1.807) is 0 Å². The Morgan fingerprint density at radius 1 is 1.38 bits per heavy atom. The highest BCUT2D eigenvalue weighted by molar-refractivity contribution is 5.20. The maximum Gasteiger partial charge on any atom is 0.110 e. The average molecular weight is 186 g/mol. The van der Waals surface area contributed by atoms with Crippen LogP contribution in [-0.4, -0.2) is 48.5 Å². The zero-order chi connectivity index (χ0) is 10.1. The van der Waals surface area contributed by atoms with Crippen molar-refractivity contribution in [1.82, 2.24) is 0 Å². The van der Waals surface area contributed by atoms with Gasteiger partial charge in [-0.1, -0.05) is 0 Å². The molecule has 0 aromatic carbocycles. The van der Waals surface area contributed by atoms with Crippen LogP contribution >= 0.6 is 0 Å². The Bertz CT molecular complexity index is 209. The molecule has 0 aliphatic heterocycles. The average Bonchev–Trinajstić information content (AvgIpc) is 2.60. The summed E-state index contributed by atoms with van der Waals surface area (Å²) in [6.07, 6.45) is 2.03. The SMILES string of the molecule is C[N+](C)(C)CC(O)CC(O)=C1CC1. The number of aliphatic hydroxyl groups is 2. The molecule has 1 unspecified atom stereocenters. The zero-order valence-corrected chi connectivity index (χ0v) is 8.75. The third-order valence-electron chi connectivity index (χ3n) is 2.10. The summed E-state index contributed by atoms with van der Waals surface area (Å²) in [5.41, 5.74) is 1.13. The van der Waals surface area contributed by atoms with Gasteiger partial charge >= 0.3 is 0 Å².